The molecule has 40 heavy (non-hydrogen) atoms. The summed E-state index contributed by atoms with van der Waals surface area (Å²) in [7, 11) is 0. The zero-order chi connectivity index (χ0) is 28.6. The maximum Gasteiger partial charge on any atom is 0.304 e. The van der Waals surface area contributed by atoms with Crippen molar-refractivity contribution in [1.82, 2.24) is 25.1 Å². The number of hydrogen-bond donors (Lipinski definition) is 2. The average Bonchev–Trinajstić information content (AvgIpc) is 3.62. The SMILES string of the molecule is CCOC1CCC(N=C/C(NC(=O)c2csc(-c3cnn(COC(C)=O)c3)n2)=C(\N)c2nc(F)ccc2F)CC1.[HH]. The van der Waals surface area contributed by atoms with Crippen LogP contribution in [0.25, 0.3) is 16.3 Å². The van der Waals surface area contributed by atoms with Crippen molar-refractivity contribution in [2.75, 3.05) is 6.61 Å². The molecule has 14 heteroatoms. The zero-order valence-electron chi connectivity index (χ0n) is 22.0. The summed E-state index contributed by atoms with van der Waals surface area (Å²) in [4.78, 5) is 36.6. The molecule has 0 aromatic carbocycles. The maximum atomic E-state index is 14.5. The largest absolute Gasteiger partial charge is 0.443 e. The number of halogens is 2. The minimum atomic E-state index is -0.922. The number of nitrogens with one attached hydrogen (secondary N) is 1. The van der Waals surface area contributed by atoms with Crippen LogP contribution in [0.5, 0.6) is 0 Å². The molecule has 1 aliphatic rings. The van der Waals surface area contributed by atoms with Gasteiger partial charge in [-0.25, -0.2) is 19.0 Å². The van der Waals surface area contributed by atoms with E-state index in [9.17, 15) is 18.4 Å². The highest BCUT2D eigenvalue weighted by Crippen LogP contribution is 2.25. The highest BCUT2D eigenvalue weighted by Gasteiger charge is 2.22. The Morgan fingerprint density at radius 3 is 2.77 bits per heavy atom. The van der Waals surface area contributed by atoms with E-state index in [-0.39, 0.29) is 37.4 Å². The van der Waals surface area contributed by atoms with Gasteiger partial charge >= 0.3 is 5.97 Å². The van der Waals surface area contributed by atoms with E-state index in [0.717, 1.165) is 37.8 Å². The van der Waals surface area contributed by atoms with Crippen molar-refractivity contribution in [2.24, 2.45) is 10.7 Å². The molecule has 0 atom stereocenters. The van der Waals surface area contributed by atoms with E-state index in [2.05, 4.69) is 25.4 Å². The summed E-state index contributed by atoms with van der Waals surface area (Å²) in [6.07, 6.45) is 7.93. The minimum Gasteiger partial charge on any atom is -0.443 e. The summed E-state index contributed by atoms with van der Waals surface area (Å²) < 4.78 is 40.3. The van der Waals surface area contributed by atoms with Gasteiger partial charge in [0.2, 0.25) is 5.95 Å². The molecule has 0 bridgehead atoms. The number of carbonyl (C=O) groups excluding carboxylic acids is 2. The first-order valence-corrected chi connectivity index (χ1v) is 13.5. The fourth-order valence-corrected chi connectivity index (χ4v) is 4.85. The van der Waals surface area contributed by atoms with Gasteiger partial charge in [-0.2, -0.15) is 9.49 Å². The summed E-state index contributed by atoms with van der Waals surface area (Å²) >= 11 is 1.20. The van der Waals surface area contributed by atoms with E-state index < -0.39 is 29.3 Å². The first kappa shape index (κ1) is 29.0. The Bertz CT molecular complexity index is 1420. The summed E-state index contributed by atoms with van der Waals surface area (Å²) in [5.74, 6) is -2.84. The molecule has 0 radical (unpaired) electrons. The van der Waals surface area contributed by atoms with Gasteiger partial charge in [0.15, 0.2) is 12.5 Å². The molecule has 0 unspecified atom stereocenters. The predicted molar refractivity (Wildman–Crippen MR) is 146 cm³/mol. The predicted octanol–water partition coefficient (Wildman–Crippen LogP) is 3.92. The fourth-order valence-electron chi connectivity index (χ4n) is 4.08. The Morgan fingerprint density at radius 1 is 1.27 bits per heavy atom. The second-order valence-electron chi connectivity index (χ2n) is 8.98. The normalized spacial score (nSPS) is 18.0. The second kappa shape index (κ2) is 13.3. The number of rotatable bonds is 10. The Hall–Kier alpha value is -4.04. The lowest BCUT2D eigenvalue weighted by molar-refractivity contribution is -0.145. The monoisotopic (exact) mass is 575 g/mol. The summed E-state index contributed by atoms with van der Waals surface area (Å²) in [6.45, 7) is 3.84. The lowest BCUT2D eigenvalue weighted by Crippen LogP contribution is -2.28. The highest BCUT2D eigenvalue weighted by molar-refractivity contribution is 7.13. The van der Waals surface area contributed by atoms with Crippen molar-refractivity contribution in [2.45, 2.75) is 58.4 Å². The van der Waals surface area contributed by atoms with Gasteiger partial charge in [-0.3, -0.25) is 14.6 Å². The summed E-state index contributed by atoms with van der Waals surface area (Å²) in [6, 6.07) is 1.74. The molecule has 1 saturated carbocycles. The van der Waals surface area contributed by atoms with Crippen molar-refractivity contribution in [3.05, 3.63) is 58.8 Å². The van der Waals surface area contributed by atoms with Crippen LogP contribution >= 0.6 is 11.3 Å². The van der Waals surface area contributed by atoms with E-state index in [0.29, 0.717) is 17.2 Å². The molecule has 3 heterocycles. The molecule has 214 valence electrons. The highest BCUT2D eigenvalue weighted by atomic mass is 32.1. The third-order valence-corrected chi connectivity index (χ3v) is 6.97. The number of carbonyl (C=O) groups is 2. The van der Waals surface area contributed by atoms with Crippen LogP contribution in [0.1, 0.15) is 57.1 Å². The number of esters is 1. The van der Waals surface area contributed by atoms with Gasteiger partial charge in [0.1, 0.15) is 16.4 Å². The van der Waals surface area contributed by atoms with E-state index in [4.69, 9.17) is 15.2 Å². The van der Waals surface area contributed by atoms with Gasteiger partial charge in [0.05, 0.1) is 29.7 Å². The molecular formula is C26H31F2N7O4S. The van der Waals surface area contributed by atoms with Crippen LogP contribution in [0.2, 0.25) is 0 Å². The van der Waals surface area contributed by atoms with Crippen LogP contribution in [0, 0.1) is 11.8 Å². The molecule has 3 aromatic rings. The Balaban J connectivity index is 0.00000462. The topological polar surface area (TPSA) is 147 Å². The van der Waals surface area contributed by atoms with Gasteiger partial charge in [-0.05, 0) is 44.7 Å². The number of amides is 1. The maximum absolute atomic E-state index is 14.5. The fraction of sp³-hybridized carbons (Fsp3) is 0.385. The molecule has 1 amide bonds. The molecule has 1 fully saturated rings. The lowest BCUT2D eigenvalue weighted by atomic mass is 9.93. The van der Waals surface area contributed by atoms with E-state index in [1.54, 1.807) is 6.20 Å². The third kappa shape index (κ3) is 7.54. The number of thiazole rings is 1. The minimum absolute atomic E-state index is 0. The number of aliphatic imine (C=N–C) groups is 1. The first-order chi connectivity index (χ1) is 19.2. The third-order valence-electron chi connectivity index (χ3n) is 6.08. The number of nitrogens with two attached hydrogens (primary N) is 1. The zero-order valence-corrected chi connectivity index (χ0v) is 22.8. The Kier molecular flexibility index (Phi) is 9.66. The van der Waals surface area contributed by atoms with Crippen molar-refractivity contribution in [3.8, 4) is 10.6 Å². The van der Waals surface area contributed by atoms with Gasteiger partial charge in [-0.1, -0.05) is 0 Å². The molecule has 0 spiro atoms. The van der Waals surface area contributed by atoms with Crippen LogP contribution < -0.4 is 11.1 Å². The molecule has 3 N–H and O–H groups in total. The Labute approximate surface area is 234 Å². The number of nitrogens with zero attached hydrogens (tertiary/aromatic N) is 5. The van der Waals surface area contributed by atoms with Crippen molar-refractivity contribution >= 4 is 35.1 Å². The van der Waals surface area contributed by atoms with Crippen LogP contribution in [0.4, 0.5) is 8.78 Å². The number of hydrogen-bond acceptors (Lipinski definition) is 10. The number of allylic oxidation sites excluding steroid dienone is 1. The summed E-state index contributed by atoms with van der Waals surface area (Å²) in [5.41, 5.74) is 6.11. The van der Waals surface area contributed by atoms with E-state index in [1.807, 2.05) is 6.92 Å². The molecule has 3 aromatic heterocycles. The molecule has 0 aliphatic heterocycles. The van der Waals surface area contributed by atoms with Crippen molar-refractivity contribution in [1.29, 1.82) is 0 Å². The van der Waals surface area contributed by atoms with E-state index >= 15 is 0 Å². The number of ether oxygens (including phenoxy) is 2. The number of pyridine rings is 1. The van der Waals surface area contributed by atoms with Crippen LogP contribution in [0.3, 0.4) is 0 Å². The molecule has 11 nitrogen and oxygen atoms in total. The van der Waals surface area contributed by atoms with Crippen molar-refractivity contribution in [3.63, 3.8) is 0 Å². The lowest BCUT2D eigenvalue weighted by Gasteiger charge is -2.26. The summed E-state index contributed by atoms with van der Waals surface area (Å²) in [5, 5.41) is 8.77. The van der Waals surface area contributed by atoms with Gasteiger partial charge < -0.3 is 20.5 Å². The second-order valence-corrected chi connectivity index (χ2v) is 9.84. The van der Waals surface area contributed by atoms with Crippen LogP contribution in [-0.4, -0.2) is 56.6 Å². The van der Waals surface area contributed by atoms with Crippen LogP contribution in [-0.2, 0) is 21.0 Å². The molecular weight excluding hydrogens is 544 g/mol. The average molecular weight is 576 g/mol. The molecule has 0 saturated heterocycles. The molecule has 4 rings (SSSR count). The quantitative estimate of drug-likeness (QED) is 0.210. The standard InChI is InChI=1S/C26H29F2N7O4S.H2/c1-3-38-18-6-4-17(5-7-18)30-11-20(23(29)24-19(27)8-9-22(28)34-24)32-25(37)21-13-40-26(33-21)16-10-31-35(12-16)14-39-15(2)36;/h8-13,17-18H,3-7,14,29H2,1-2H3,(H,32,37);1H/b23-20+,30-11?;. The smallest absolute Gasteiger partial charge is 0.304 e. The first-order valence-electron chi connectivity index (χ1n) is 12.6. The van der Waals surface area contributed by atoms with Gasteiger partial charge in [0.25, 0.3) is 5.91 Å². The van der Waals surface area contributed by atoms with E-state index in [1.165, 1.54) is 40.7 Å². The Morgan fingerprint density at radius 2 is 2.05 bits per heavy atom. The van der Waals surface area contributed by atoms with Crippen LogP contribution in [0.15, 0.2) is 40.6 Å². The molecule has 1 aliphatic carbocycles. The van der Waals surface area contributed by atoms with Gasteiger partial charge in [0, 0.05) is 38.3 Å². The van der Waals surface area contributed by atoms with Crippen molar-refractivity contribution < 1.29 is 29.3 Å². The van der Waals surface area contributed by atoms with Gasteiger partial charge in [-0.15, -0.1) is 11.3 Å². The number of aromatic nitrogens is 4.